The summed E-state index contributed by atoms with van der Waals surface area (Å²) in [7, 11) is 3.99. The van der Waals surface area contributed by atoms with Gasteiger partial charge in [-0.25, -0.2) is 9.37 Å². The monoisotopic (exact) mass is 591 g/mol. The zero-order valence-electron chi connectivity index (χ0n) is 24.9. The first-order chi connectivity index (χ1) is 21.4. The lowest BCUT2D eigenvalue weighted by atomic mass is 10.0. The molecule has 44 heavy (non-hydrogen) atoms. The van der Waals surface area contributed by atoms with E-state index in [-0.39, 0.29) is 11.7 Å². The van der Waals surface area contributed by atoms with E-state index in [4.69, 9.17) is 4.98 Å². The largest absolute Gasteiger partial charge is 0.384 e. The number of hydrogen-bond acceptors (Lipinski definition) is 7. The maximum Gasteiger partial charge on any atom is 0.224 e. The van der Waals surface area contributed by atoms with Crippen LogP contribution in [0, 0.1) is 5.82 Å². The third kappa shape index (κ3) is 6.28. The van der Waals surface area contributed by atoms with Crippen molar-refractivity contribution in [1.82, 2.24) is 35.0 Å². The van der Waals surface area contributed by atoms with Crippen LogP contribution in [-0.2, 0) is 4.79 Å². The number of likely N-dealkylation sites (N-methyl/N-ethyl adjacent to an activating group) is 1. The second kappa shape index (κ2) is 12.6. The Hall–Kier alpha value is -5.16. The topological polar surface area (TPSA) is 128 Å². The number of fused-ring (bicyclic) bond motifs is 2. The molecule has 0 aliphatic rings. The molecule has 0 aliphatic carbocycles. The van der Waals surface area contributed by atoms with E-state index in [1.54, 1.807) is 18.6 Å². The van der Waals surface area contributed by atoms with Gasteiger partial charge in [-0.15, -0.1) is 0 Å². The van der Waals surface area contributed by atoms with Crippen LogP contribution in [0.4, 0.5) is 15.8 Å². The zero-order chi connectivity index (χ0) is 30.6. The fourth-order valence-corrected chi connectivity index (χ4v) is 5.11. The molecule has 11 heteroatoms. The third-order valence-corrected chi connectivity index (χ3v) is 7.36. The summed E-state index contributed by atoms with van der Waals surface area (Å²) in [5.74, 6) is 0.190. The molecule has 0 bridgehead atoms. The van der Waals surface area contributed by atoms with Crippen molar-refractivity contribution in [2.45, 2.75) is 26.2 Å². The smallest absolute Gasteiger partial charge is 0.224 e. The molecule has 4 heterocycles. The standard InChI is InChI=1S/C33H34FN9O/c1-4-5-6-29(44)38-25-15-22(18-35-19-25)20-7-8-27-26(16-20)31(42-41-27)33-39-28-9-10-37-30(32(28)40-33)21-13-23(34)17-24(14-21)36-11-12-43(2)3/h7-10,13-19,36H,4-6,11-12H2,1-3H3,(H,38,44)(H,39,40)(H,41,42). The lowest BCUT2D eigenvalue weighted by Crippen LogP contribution is -2.20. The van der Waals surface area contributed by atoms with Crippen molar-refractivity contribution in [3.63, 3.8) is 0 Å². The lowest BCUT2D eigenvalue weighted by molar-refractivity contribution is -0.116. The Morgan fingerprint density at radius 1 is 0.955 bits per heavy atom. The number of aromatic amines is 2. The number of hydrogen-bond donors (Lipinski definition) is 4. The van der Waals surface area contributed by atoms with Crippen LogP contribution >= 0.6 is 0 Å². The van der Waals surface area contributed by atoms with Crippen LogP contribution in [0.25, 0.3) is 55.8 Å². The van der Waals surface area contributed by atoms with Gasteiger partial charge in [-0.2, -0.15) is 5.10 Å². The molecule has 0 radical (unpaired) electrons. The van der Waals surface area contributed by atoms with Gasteiger partial charge in [0, 0.05) is 54.1 Å². The van der Waals surface area contributed by atoms with Gasteiger partial charge in [-0.1, -0.05) is 19.4 Å². The Kier molecular flexibility index (Phi) is 8.29. The molecule has 6 aromatic rings. The molecule has 10 nitrogen and oxygen atoms in total. The van der Waals surface area contributed by atoms with Gasteiger partial charge < -0.3 is 20.5 Å². The number of aromatic nitrogens is 6. The van der Waals surface area contributed by atoms with Crippen molar-refractivity contribution in [2.75, 3.05) is 37.8 Å². The number of nitrogens with zero attached hydrogens (tertiary/aromatic N) is 5. The van der Waals surface area contributed by atoms with Gasteiger partial charge in [0.15, 0.2) is 5.82 Å². The molecule has 0 unspecified atom stereocenters. The molecule has 2 aromatic carbocycles. The lowest BCUT2D eigenvalue weighted by Gasteiger charge is -2.12. The highest BCUT2D eigenvalue weighted by Gasteiger charge is 2.17. The number of benzene rings is 2. The average molecular weight is 592 g/mol. The first kappa shape index (κ1) is 28.9. The molecule has 0 saturated carbocycles. The molecule has 0 fully saturated rings. The number of halogens is 1. The number of nitrogens with one attached hydrogen (secondary N) is 4. The quantitative estimate of drug-likeness (QED) is 0.136. The van der Waals surface area contributed by atoms with Gasteiger partial charge in [-0.05, 0) is 68.5 Å². The van der Waals surface area contributed by atoms with Crippen molar-refractivity contribution in [3.05, 3.63) is 72.9 Å². The summed E-state index contributed by atoms with van der Waals surface area (Å²) in [6.45, 7) is 3.56. The molecule has 0 aliphatic heterocycles. The van der Waals surface area contributed by atoms with E-state index < -0.39 is 0 Å². The van der Waals surface area contributed by atoms with Gasteiger partial charge in [0.1, 0.15) is 17.0 Å². The normalized spacial score (nSPS) is 11.5. The summed E-state index contributed by atoms with van der Waals surface area (Å²) < 4.78 is 14.7. The van der Waals surface area contributed by atoms with Crippen LogP contribution in [-0.4, -0.2) is 68.1 Å². The van der Waals surface area contributed by atoms with Gasteiger partial charge in [0.25, 0.3) is 0 Å². The van der Waals surface area contributed by atoms with E-state index in [1.165, 1.54) is 12.1 Å². The number of H-pyrrole nitrogens is 2. The predicted octanol–water partition coefficient (Wildman–Crippen LogP) is 6.47. The number of carbonyl (C=O) groups is 1. The number of anilines is 2. The minimum atomic E-state index is -0.352. The number of imidazole rings is 1. The van der Waals surface area contributed by atoms with Crippen molar-refractivity contribution in [3.8, 4) is 33.9 Å². The van der Waals surface area contributed by atoms with E-state index in [9.17, 15) is 9.18 Å². The van der Waals surface area contributed by atoms with Gasteiger partial charge >= 0.3 is 0 Å². The second-order valence-electron chi connectivity index (χ2n) is 11.0. The fourth-order valence-electron chi connectivity index (χ4n) is 5.11. The summed E-state index contributed by atoms with van der Waals surface area (Å²) in [5, 5.41) is 14.8. The number of amides is 1. The third-order valence-electron chi connectivity index (χ3n) is 7.36. The summed E-state index contributed by atoms with van der Waals surface area (Å²) >= 11 is 0. The first-order valence-corrected chi connectivity index (χ1v) is 14.7. The van der Waals surface area contributed by atoms with E-state index in [1.807, 2.05) is 50.5 Å². The van der Waals surface area contributed by atoms with Gasteiger partial charge in [0.05, 0.1) is 28.6 Å². The van der Waals surface area contributed by atoms with Crippen LogP contribution in [0.2, 0.25) is 0 Å². The number of pyridine rings is 2. The van der Waals surface area contributed by atoms with Crippen molar-refractivity contribution >= 4 is 39.2 Å². The summed E-state index contributed by atoms with van der Waals surface area (Å²) in [6.07, 6.45) is 7.39. The Morgan fingerprint density at radius 3 is 2.66 bits per heavy atom. The van der Waals surface area contributed by atoms with E-state index >= 15 is 0 Å². The van der Waals surface area contributed by atoms with Crippen molar-refractivity contribution in [2.24, 2.45) is 0 Å². The Morgan fingerprint density at radius 2 is 1.82 bits per heavy atom. The van der Waals surface area contributed by atoms with Crippen LogP contribution in [0.15, 0.2) is 67.1 Å². The predicted molar refractivity (Wildman–Crippen MR) is 173 cm³/mol. The van der Waals surface area contributed by atoms with Crippen LogP contribution in [0.1, 0.15) is 26.2 Å². The maximum absolute atomic E-state index is 14.7. The van der Waals surface area contributed by atoms with E-state index in [2.05, 4.69) is 47.6 Å². The molecule has 4 aromatic heterocycles. The van der Waals surface area contributed by atoms with Crippen molar-refractivity contribution in [1.29, 1.82) is 0 Å². The molecule has 0 saturated heterocycles. The highest BCUT2D eigenvalue weighted by molar-refractivity contribution is 5.98. The molecule has 4 N–H and O–H groups in total. The summed E-state index contributed by atoms with van der Waals surface area (Å²) in [4.78, 5) is 31.5. The molecule has 0 spiro atoms. The highest BCUT2D eigenvalue weighted by atomic mass is 19.1. The zero-order valence-corrected chi connectivity index (χ0v) is 24.9. The van der Waals surface area contributed by atoms with Crippen LogP contribution in [0.3, 0.4) is 0 Å². The highest BCUT2D eigenvalue weighted by Crippen LogP contribution is 2.33. The number of unbranched alkanes of at least 4 members (excludes halogenated alkanes) is 1. The first-order valence-electron chi connectivity index (χ1n) is 14.7. The molecule has 0 atom stereocenters. The molecular formula is C33H34FN9O. The van der Waals surface area contributed by atoms with Gasteiger partial charge in [0.2, 0.25) is 5.91 Å². The maximum atomic E-state index is 14.7. The summed E-state index contributed by atoms with van der Waals surface area (Å²) in [6, 6.07) is 14.6. The van der Waals surface area contributed by atoms with Crippen LogP contribution in [0.5, 0.6) is 0 Å². The molecule has 6 rings (SSSR count). The second-order valence-corrected chi connectivity index (χ2v) is 11.0. The summed E-state index contributed by atoms with van der Waals surface area (Å²) in [5.41, 5.74) is 7.20. The van der Waals surface area contributed by atoms with Crippen LogP contribution < -0.4 is 10.6 Å². The van der Waals surface area contributed by atoms with Crippen molar-refractivity contribution < 1.29 is 9.18 Å². The Labute approximate surface area is 254 Å². The Balaban J connectivity index is 1.33. The van der Waals surface area contributed by atoms with Gasteiger partial charge in [-0.3, -0.25) is 19.9 Å². The minimum Gasteiger partial charge on any atom is -0.384 e. The molecular weight excluding hydrogens is 557 g/mol. The Bertz CT molecular complexity index is 1950. The number of rotatable bonds is 11. The van der Waals surface area contributed by atoms with E-state index in [0.29, 0.717) is 52.6 Å². The average Bonchev–Trinajstić information content (AvgIpc) is 3.63. The fraction of sp³-hybridized carbons (Fsp3) is 0.242. The SMILES string of the molecule is CCCCC(=O)Nc1cncc(-c2ccc3[nH]nc(-c4nc5c(-c6cc(F)cc(NCCN(C)C)c6)nccc5[nH]4)c3c2)c1. The van der Waals surface area contributed by atoms with E-state index in [0.717, 1.165) is 46.9 Å². The molecule has 1 amide bonds. The minimum absolute atomic E-state index is 0.0211. The number of carbonyl (C=O) groups excluding carboxylic acids is 1. The molecule has 224 valence electrons.